The minimum atomic E-state index is -0.0912. The van der Waals surface area contributed by atoms with Crippen LogP contribution in [0, 0.1) is 0 Å². The van der Waals surface area contributed by atoms with Gasteiger partial charge in [0.1, 0.15) is 11.5 Å². The predicted octanol–water partition coefficient (Wildman–Crippen LogP) is 10.4. The van der Waals surface area contributed by atoms with Gasteiger partial charge in [0, 0.05) is 84.1 Å². The summed E-state index contributed by atoms with van der Waals surface area (Å²) >= 11 is 0. The first-order chi connectivity index (χ1) is 32.7. The molecule has 3 aliphatic rings. The fourth-order valence-corrected chi connectivity index (χ4v) is 10.1. The Labute approximate surface area is 398 Å². The average Bonchev–Trinajstić information content (AvgIpc) is 4.23. The highest BCUT2D eigenvalue weighted by atomic mass is 16.5. The Kier molecular flexibility index (Phi) is 19.1. The number of H-pyrrole nitrogens is 2. The predicted molar refractivity (Wildman–Crippen MR) is 274 cm³/mol. The number of aromatic amines is 2. The lowest BCUT2D eigenvalue weighted by Gasteiger charge is -2.25. The first-order valence-electron chi connectivity index (χ1n) is 24.6. The lowest BCUT2D eigenvalue weighted by Crippen LogP contribution is -2.33. The molecule has 0 bridgehead atoms. The SMILES string of the molecule is C=CC1=C(/C=C\C)CN(CCCCN2CCCC2Cc2c[nH]c3ccc(OC)cc23)C1=O.CC.COc1ccc2[nH]cc(CC3CCCN3CCCCN(C)C(=O)c3ccccc3C=O)c2c1. The molecule has 0 spiro atoms. The van der Waals surface area contributed by atoms with E-state index in [1.54, 1.807) is 49.5 Å². The van der Waals surface area contributed by atoms with E-state index >= 15 is 0 Å². The van der Waals surface area contributed by atoms with Crippen molar-refractivity contribution in [2.75, 3.05) is 67.1 Å². The maximum Gasteiger partial charge on any atom is 0.254 e. The smallest absolute Gasteiger partial charge is 0.254 e. The van der Waals surface area contributed by atoms with Gasteiger partial charge in [0.05, 0.1) is 19.8 Å². The van der Waals surface area contributed by atoms with E-state index in [4.69, 9.17) is 9.47 Å². The average molecular weight is 911 g/mol. The molecule has 358 valence electrons. The van der Waals surface area contributed by atoms with E-state index in [0.29, 0.717) is 36.3 Å². The zero-order valence-electron chi connectivity index (χ0n) is 41.0. The molecule has 2 aromatic heterocycles. The Morgan fingerprint density at radius 3 is 1.90 bits per heavy atom. The molecule has 0 aliphatic carbocycles. The van der Waals surface area contributed by atoms with E-state index in [1.165, 1.54) is 59.6 Å². The zero-order valence-corrected chi connectivity index (χ0v) is 41.0. The van der Waals surface area contributed by atoms with Crippen molar-refractivity contribution in [3.05, 3.63) is 131 Å². The van der Waals surface area contributed by atoms with Gasteiger partial charge in [-0.1, -0.05) is 56.9 Å². The molecule has 3 aliphatic heterocycles. The van der Waals surface area contributed by atoms with E-state index < -0.39 is 0 Å². The highest BCUT2D eigenvalue weighted by Crippen LogP contribution is 2.30. The molecule has 2 N–H and O–H groups in total. The molecule has 8 rings (SSSR count). The number of nitrogens with zero attached hydrogens (tertiary/aromatic N) is 4. The van der Waals surface area contributed by atoms with Gasteiger partial charge in [0.15, 0.2) is 6.29 Å². The Balaban J connectivity index is 0.000000213. The number of methoxy groups -OCH3 is 2. The van der Waals surface area contributed by atoms with Crippen LogP contribution in [-0.2, 0) is 17.6 Å². The fraction of sp³-hybridized carbons (Fsp3) is 0.446. The molecule has 5 aromatic rings. The summed E-state index contributed by atoms with van der Waals surface area (Å²) in [4.78, 5) is 52.3. The molecule has 3 aromatic carbocycles. The number of carbonyl (C=O) groups excluding carboxylic acids is 3. The largest absolute Gasteiger partial charge is 0.497 e. The van der Waals surface area contributed by atoms with Crippen LogP contribution in [0.1, 0.15) is 104 Å². The molecule has 2 saturated heterocycles. The second kappa shape index (κ2) is 25.3. The van der Waals surface area contributed by atoms with E-state index in [-0.39, 0.29) is 11.8 Å². The number of benzene rings is 3. The van der Waals surface area contributed by atoms with Gasteiger partial charge >= 0.3 is 0 Å². The molecule has 11 heteroatoms. The number of carbonyl (C=O) groups is 3. The molecule has 2 atom stereocenters. The van der Waals surface area contributed by atoms with Gasteiger partial charge in [0.25, 0.3) is 11.8 Å². The van der Waals surface area contributed by atoms with Gasteiger partial charge in [-0.15, -0.1) is 0 Å². The van der Waals surface area contributed by atoms with Gasteiger partial charge in [-0.3, -0.25) is 14.4 Å². The summed E-state index contributed by atoms with van der Waals surface area (Å²) in [7, 11) is 5.24. The van der Waals surface area contributed by atoms with Gasteiger partial charge in [-0.05, 0) is 156 Å². The minimum absolute atomic E-state index is 0.0912. The number of hydrogen-bond acceptors (Lipinski definition) is 7. The molecule has 0 radical (unpaired) electrons. The van der Waals surface area contributed by atoms with Gasteiger partial charge in [-0.2, -0.15) is 0 Å². The number of unbranched alkanes of at least 4 members (excludes halogenated alkanes) is 2. The summed E-state index contributed by atoms with van der Waals surface area (Å²) in [6, 6.07) is 20.5. The number of allylic oxidation sites excluding steroid dienone is 1. The number of likely N-dealkylation sites (tertiary alicyclic amines) is 2. The third kappa shape index (κ3) is 12.8. The first kappa shape index (κ1) is 50.5. The Morgan fingerprint density at radius 1 is 0.806 bits per heavy atom. The normalized spacial score (nSPS) is 17.5. The molecule has 2 fully saturated rings. The van der Waals surface area contributed by atoms with Crippen LogP contribution in [0.15, 0.2) is 109 Å². The van der Waals surface area contributed by atoms with Crippen molar-refractivity contribution >= 4 is 39.9 Å². The molecule has 11 nitrogen and oxygen atoms in total. The maximum atomic E-state index is 12.7. The fourth-order valence-electron chi connectivity index (χ4n) is 10.1. The van der Waals surface area contributed by atoms with Crippen molar-refractivity contribution in [2.24, 2.45) is 0 Å². The van der Waals surface area contributed by atoms with Gasteiger partial charge in [-0.25, -0.2) is 0 Å². The Bertz CT molecular complexity index is 2480. The van der Waals surface area contributed by atoms with Crippen LogP contribution in [0.5, 0.6) is 11.5 Å². The summed E-state index contributed by atoms with van der Waals surface area (Å²) in [6.07, 6.45) is 22.0. The number of aromatic nitrogens is 2. The number of rotatable bonds is 20. The molecule has 2 amide bonds. The molecule has 0 saturated carbocycles. The number of nitrogens with one attached hydrogen (secondary N) is 2. The van der Waals surface area contributed by atoms with Crippen molar-refractivity contribution in [1.29, 1.82) is 0 Å². The zero-order chi connectivity index (χ0) is 47.7. The van der Waals surface area contributed by atoms with Crippen LogP contribution >= 0.6 is 0 Å². The summed E-state index contributed by atoms with van der Waals surface area (Å²) in [6.45, 7) is 16.5. The number of ether oxygens (including phenoxy) is 2. The van der Waals surface area contributed by atoms with Crippen LogP contribution in [-0.4, -0.2) is 127 Å². The molecule has 67 heavy (non-hydrogen) atoms. The van der Waals surface area contributed by atoms with Crippen LogP contribution in [0.4, 0.5) is 0 Å². The number of hydrogen-bond donors (Lipinski definition) is 2. The van der Waals surface area contributed by atoms with E-state index in [0.717, 1.165) is 99.2 Å². The highest BCUT2D eigenvalue weighted by molar-refractivity contribution is 6.01. The van der Waals surface area contributed by atoms with Crippen molar-refractivity contribution in [1.82, 2.24) is 29.6 Å². The van der Waals surface area contributed by atoms with Gasteiger partial charge in [0.2, 0.25) is 0 Å². The van der Waals surface area contributed by atoms with Crippen LogP contribution in [0.25, 0.3) is 21.8 Å². The molecule has 2 unspecified atom stereocenters. The molecule has 5 heterocycles. The van der Waals surface area contributed by atoms with Crippen LogP contribution < -0.4 is 9.47 Å². The summed E-state index contributed by atoms with van der Waals surface area (Å²) in [5, 5.41) is 2.52. The van der Waals surface area contributed by atoms with Gasteiger partial charge < -0.3 is 39.0 Å². The number of amides is 2. The third-order valence-corrected chi connectivity index (χ3v) is 13.6. The second-order valence-corrected chi connectivity index (χ2v) is 17.7. The van der Waals surface area contributed by atoms with E-state index in [9.17, 15) is 14.4 Å². The van der Waals surface area contributed by atoms with E-state index in [2.05, 4.69) is 63.0 Å². The van der Waals surface area contributed by atoms with Crippen LogP contribution in [0.2, 0.25) is 0 Å². The number of aldehydes is 1. The standard InChI is InChI=1S/C27H33N3O3.C27H35N3O2.C2H6/c1-29(27(32)24-10-4-3-8-20(24)19-31)13-5-6-14-30-15-7-9-22(30)16-21-18-28-26-12-11-23(33-2)17-25(21)26;1-4-9-20-19-30(27(31)24(20)5-2)14-7-6-13-29-15-8-10-22(29)16-21-18-28-26-12-11-23(32-3)17-25(21)26;1-2/h3-4,8,10-12,17-19,22,28H,5-7,9,13-16H2,1-2H3;4-5,9,11-12,17-18,22,28H,2,6-8,10,13-16,19H2,1,3H3;1-2H3/b;9-4-;. The topological polar surface area (TPSA) is 114 Å². The molecular weight excluding hydrogens is 837 g/mol. The van der Waals surface area contributed by atoms with E-state index in [1.807, 2.05) is 57.0 Å². The Morgan fingerprint density at radius 2 is 1.36 bits per heavy atom. The maximum absolute atomic E-state index is 12.7. The summed E-state index contributed by atoms with van der Waals surface area (Å²) in [5.74, 6) is 1.83. The summed E-state index contributed by atoms with van der Waals surface area (Å²) in [5.41, 5.74) is 7.82. The quantitative estimate of drug-likeness (QED) is 0.0590. The minimum Gasteiger partial charge on any atom is -0.497 e. The summed E-state index contributed by atoms with van der Waals surface area (Å²) < 4.78 is 10.8. The van der Waals surface area contributed by atoms with Crippen molar-refractivity contribution in [2.45, 2.75) is 97.1 Å². The lowest BCUT2D eigenvalue weighted by atomic mass is 10.0. The second-order valence-electron chi connectivity index (χ2n) is 17.7. The lowest BCUT2D eigenvalue weighted by molar-refractivity contribution is -0.125. The van der Waals surface area contributed by atoms with Crippen molar-refractivity contribution in [3.63, 3.8) is 0 Å². The third-order valence-electron chi connectivity index (χ3n) is 13.6. The highest BCUT2D eigenvalue weighted by Gasteiger charge is 2.29. The number of fused-ring (bicyclic) bond motifs is 2. The Hall–Kier alpha value is -5.91. The molecular formula is C56H74N6O5. The van der Waals surface area contributed by atoms with Crippen molar-refractivity contribution in [3.8, 4) is 11.5 Å². The monoisotopic (exact) mass is 911 g/mol. The van der Waals surface area contributed by atoms with Crippen molar-refractivity contribution < 1.29 is 23.9 Å². The first-order valence-corrected chi connectivity index (χ1v) is 24.6. The van der Waals surface area contributed by atoms with Crippen LogP contribution in [0.3, 0.4) is 0 Å².